The highest BCUT2D eigenvalue weighted by Gasteiger charge is 2.33. The van der Waals surface area contributed by atoms with Gasteiger partial charge in [-0.25, -0.2) is 4.39 Å². The fourth-order valence-electron chi connectivity index (χ4n) is 1.92. The Bertz CT molecular complexity index is 347. The molecular weight excluding hydrogens is 213 g/mol. The number of piperidine rings is 1. The van der Waals surface area contributed by atoms with Crippen molar-refractivity contribution in [2.75, 3.05) is 13.1 Å². The molecule has 0 saturated carbocycles. The summed E-state index contributed by atoms with van der Waals surface area (Å²) >= 11 is 1.41. The van der Waals surface area contributed by atoms with Crippen molar-refractivity contribution in [3.63, 3.8) is 0 Å². The third kappa shape index (κ3) is 2.37. The molecular formula is C11H14FNOS. The first-order chi connectivity index (χ1) is 7.08. The number of thiophene rings is 1. The molecule has 1 aromatic rings. The molecule has 4 heteroatoms. The maximum atomic E-state index is 13.7. The Hall–Kier alpha value is -0.900. The summed E-state index contributed by atoms with van der Waals surface area (Å²) in [7, 11) is 0. The Morgan fingerprint density at radius 2 is 2.47 bits per heavy atom. The number of halogens is 1. The lowest BCUT2D eigenvalue weighted by molar-refractivity contribution is 0.0421. The van der Waals surface area contributed by atoms with E-state index < -0.39 is 5.67 Å². The summed E-state index contributed by atoms with van der Waals surface area (Å²) in [6.07, 6.45) is 1.31. The summed E-state index contributed by atoms with van der Waals surface area (Å²) < 4.78 is 13.7. The molecule has 1 aliphatic rings. The third-order valence-electron chi connectivity index (χ3n) is 2.67. The van der Waals surface area contributed by atoms with E-state index in [0.29, 0.717) is 17.8 Å². The minimum absolute atomic E-state index is 0.0337. The molecule has 1 aromatic heterocycles. The van der Waals surface area contributed by atoms with E-state index in [1.807, 2.05) is 11.4 Å². The molecule has 1 atom stereocenters. The first-order valence-corrected chi connectivity index (χ1v) is 5.98. The SMILES string of the molecule is CC1(F)CCCN(C(=O)c2cccs2)C1. The number of nitrogens with zero attached hydrogens (tertiary/aromatic N) is 1. The largest absolute Gasteiger partial charge is 0.335 e. The van der Waals surface area contributed by atoms with Crippen LogP contribution in [-0.2, 0) is 0 Å². The van der Waals surface area contributed by atoms with Crippen molar-refractivity contribution in [2.45, 2.75) is 25.4 Å². The van der Waals surface area contributed by atoms with Crippen LogP contribution in [-0.4, -0.2) is 29.6 Å². The molecule has 15 heavy (non-hydrogen) atoms. The van der Waals surface area contributed by atoms with Crippen LogP contribution in [0.2, 0.25) is 0 Å². The monoisotopic (exact) mass is 227 g/mol. The standard InChI is InChI=1S/C11H14FNOS/c1-11(12)5-3-6-13(8-11)10(14)9-4-2-7-15-9/h2,4,7H,3,5-6,8H2,1H3. The van der Waals surface area contributed by atoms with E-state index in [1.54, 1.807) is 17.9 Å². The molecule has 1 fully saturated rings. The van der Waals surface area contributed by atoms with Gasteiger partial charge in [0.05, 0.1) is 11.4 Å². The van der Waals surface area contributed by atoms with Gasteiger partial charge in [0.25, 0.3) is 5.91 Å². The predicted molar refractivity (Wildman–Crippen MR) is 59.0 cm³/mol. The van der Waals surface area contributed by atoms with Crippen LogP contribution in [0.4, 0.5) is 4.39 Å². The van der Waals surface area contributed by atoms with E-state index in [2.05, 4.69) is 0 Å². The maximum absolute atomic E-state index is 13.7. The molecule has 0 spiro atoms. The zero-order valence-corrected chi connectivity index (χ0v) is 9.52. The topological polar surface area (TPSA) is 20.3 Å². The van der Waals surface area contributed by atoms with Crippen LogP contribution < -0.4 is 0 Å². The van der Waals surface area contributed by atoms with E-state index in [4.69, 9.17) is 0 Å². The van der Waals surface area contributed by atoms with Crippen LogP contribution in [0.15, 0.2) is 17.5 Å². The summed E-state index contributed by atoms with van der Waals surface area (Å²) in [6.45, 7) is 2.47. The van der Waals surface area contributed by atoms with Crippen LogP contribution in [0, 0.1) is 0 Å². The van der Waals surface area contributed by atoms with Gasteiger partial charge in [-0.3, -0.25) is 4.79 Å². The van der Waals surface area contributed by atoms with E-state index in [9.17, 15) is 9.18 Å². The number of amides is 1. The lowest BCUT2D eigenvalue weighted by atomic mass is 9.97. The Morgan fingerprint density at radius 3 is 3.07 bits per heavy atom. The van der Waals surface area contributed by atoms with Gasteiger partial charge in [0.1, 0.15) is 5.67 Å². The fraction of sp³-hybridized carbons (Fsp3) is 0.545. The minimum Gasteiger partial charge on any atom is -0.335 e. The third-order valence-corrected chi connectivity index (χ3v) is 3.52. The van der Waals surface area contributed by atoms with E-state index in [1.165, 1.54) is 11.3 Å². The summed E-state index contributed by atoms with van der Waals surface area (Å²) in [6, 6.07) is 3.63. The molecule has 1 saturated heterocycles. The summed E-state index contributed by atoms with van der Waals surface area (Å²) in [5.41, 5.74) is -1.22. The number of rotatable bonds is 1. The van der Waals surface area contributed by atoms with E-state index in [0.717, 1.165) is 6.42 Å². The molecule has 2 rings (SSSR count). The first-order valence-electron chi connectivity index (χ1n) is 5.10. The van der Waals surface area contributed by atoms with Gasteiger partial charge >= 0.3 is 0 Å². The summed E-state index contributed by atoms with van der Waals surface area (Å²) in [5, 5.41) is 1.87. The van der Waals surface area contributed by atoms with Gasteiger partial charge in [-0.15, -0.1) is 11.3 Å². The number of alkyl halides is 1. The van der Waals surface area contributed by atoms with Crippen molar-refractivity contribution in [1.82, 2.24) is 4.90 Å². The zero-order chi connectivity index (χ0) is 10.9. The zero-order valence-electron chi connectivity index (χ0n) is 8.70. The number of carbonyl (C=O) groups is 1. The fourth-order valence-corrected chi connectivity index (χ4v) is 2.61. The van der Waals surface area contributed by atoms with Gasteiger partial charge in [-0.2, -0.15) is 0 Å². The average Bonchev–Trinajstić information content (AvgIpc) is 2.67. The van der Waals surface area contributed by atoms with E-state index >= 15 is 0 Å². The number of hydrogen-bond donors (Lipinski definition) is 0. The normalized spacial score (nSPS) is 26.7. The van der Waals surface area contributed by atoms with Crippen molar-refractivity contribution in [3.05, 3.63) is 22.4 Å². The Labute approximate surface area is 92.7 Å². The molecule has 82 valence electrons. The van der Waals surface area contributed by atoms with Gasteiger partial charge in [-0.05, 0) is 31.2 Å². The maximum Gasteiger partial charge on any atom is 0.264 e. The molecule has 0 bridgehead atoms. The number of hydrogen-bond acceptors (Lipinski definition) is 2. The highest BCUT2D eigenvalue weighted by Crippen LogP contribution is 2.26. The Kier molecular flexibility index (Phi) is 2.78. The van der Waals surface area contributed by atoms with Crippen molar-refractivity contribution in [3.8, 4) is 0 Å². The lowest BCUT2D eigenvalue weighted by Crippen LogP contribution is -2.46. The molecule has 0 aliphatic carbocycles. The van der Waals surface area contributed by atoms with Crippen molar-refractivity contribution < 1.29 is 9.18 Å². The van der Waals surface area contributed by atoms with Crippen LogP contribution in [0.1, 0.15) is 29.4 Å². The quantitative estimate of drug-likeness (QED) is 0.722. The van der Waals surface area contributed by atoms with Gasteiger partial charge < -0.3 is 4.90 Å². The van der Waals surface area contributed by atoms with Crippen LogP contribution in [0.5, 0.6) is 0 Å². The molecule has 0 N–H and O–H groups in total. The molecule has 1 aliphatic heterocycles. The first kappa shape index (κ1) is 10.6. The van der Waals surface area contributed by atoms with Crippen molar-refractivity contribution in [2.24, 2.45) is 0 Å². The Balaban J connectivity index is 2.08. The van der Waals surface area contributed by atoms with Crippen LogP contribution in [0.25, 0.3) is 0 Å². The lowest BCUT2D eigenvalue weighted by Gasteiger charge is -2.34. The Morgan fingerprint density at radius 1 is 1.67 bits per heavy atom. The molecule has 0 aromatic carbocycles. The average molecular weight is 227 g/mol. The highest BCUT2D eigenvalue weighted by atomic mass is 32.1. The van der Waals surface area contributed by atoms with Gasteiger partial charge in [-0.1, -0.05) is 6.07 Å². The van der Waals surface area contributed by atoms with Crippen LogP contribution in [0.3, 0.4) is 0 Å². The van der Waals surface area contributed by atoms with Gasteiger partial charge in [0.2, 0.25) is 0 Å². The molecule has 1 unspecified atom stereocenters. The second kappa shape index (κ2) is 3.93. The second-order valence-electron chi connectivity index (χ2n) is 4.22. The molecule has 1 amide bonds. The minimum atomic E-state index is -1.22. The highest BCUT2D eigenvalue weighted by molar-refractivity contribution is 7.12. The van der Waals surface area contributed by atoms with Crippen molar-refractivity contribution in [1.29, 1.82) is 0 Å². The number of carbonyl (C=O) groups excluding carboxylic acids is 1. The predicted octanol–water partition coefficient (Wildman–Crippen LogP) is 2.71. The second-order valence-corrected chi connectivity index (χ2v) is 5.17. The smallest absolute Gasteiger partial charge is 0.264 e. The van der Waals surface area contributed by atoms with Crippen molar-refractivity contribution >= 4 is 17.2 Å². The van der Waals surface area contributed by atoms with Gasteiger partial charge in [0.15, 0.2) is 0 Å². The molecule has 2 heterocycles. The summed E-state index contributed by atoms with van der Waals surface area (Å²) in [4.78, 5) is 14.2. The number of likely N-dealkylation sites (tertiary alicyclic amines) is 1. The molecule has 2 nitrogen and oxygen atoms in total. The van der Waals surface area contributed by atoms with Gasteiger partial charge in [0, 0.05) is 6.54 Å². The molecule has 0 radical (unpaired) electrons. The summed E-state index contributed by atoms with van der Waals surface area (Å²) in [5.74, 6) is -0.0337. The van der Waals surface area contributed by atoms with Crippen LogP contribution >= 0.6 is 11.3 Å². The van der Waals surface area contributed by atoms with E-state index in [-0.39, 0.29) is 12.5 Å².